The highest BCUT2D eigenvalue weighted by Crippen LogP contribution is 2.28. The third kappa shape index (κ3) is 2.78. The van der Waals surface area contributed by atoms with Crippen LogP contribution in [0.3, 0.4) is 0 Å². The van der Waals surface area contributed by atoms with Crippen LogP contribution in [0.25, 0.3) is 10.9 Å². The van der Waals surface area contributed by atoms with Gasteiger partial charge in [-0.15, -0.1) is 0 Å². The Morgan fingerprint density at radius 2 is 1.88 bits per heavy atom. The molecule has 1 amide bonds. The predicted octanol–water partition coefficient (Wildman–Crippen LogP) is 3.23. The lowest BCUT2D eigenvalue weighted by atomic mass is 10.0. The van der Waals surface area contributed by atoms with Crippen molar-refractivity contribution in [1.29, 1.82) is 0 Å². The first kappa shape index (κ1) is 15.4. The van der Waals surface area contributed by atoms with Crippen LogP contribution in [0.4, 0.5) is 0 Å². The Kier molecular flexibility index (Phi) is 3.98. The van der Waals surface area contributed by atoms with E-state index in [0.29, 0.717) is 25.3 Å². The number of amides is 1. The van der Waals surface area contributed by atoms with Crippen LogP contribution in [-0.4, -0.2) is 22.7 Å². The SMILES string of the molecule is Cn1c2c(c3ccccc31)/C(=N/OCc1ccccc1)CCNC2=O. The summed E-state index contributed by atoms with van der Waals surface area (Å²) in [5.74, 6) is -0.0676. The zero-order valence-corrected chi connectivity index (χ0v) is 14.0. The van der Waals surface area contributed by atoms with Crippen molar-refractivity contribution >= 4 is 22.5 Å². The van der Waals surface area contributed by atoms with E-state index in [4.69, 9.17) is 4.84 Å². The van der Waals surface area contributed by atoms with E-state index >= 15 is 0 Å². The fourth-order valence-electron chi connectivity index (χ4n) is 3.30. The highest BCUT2D eigenvalue weighted by molar-refractivity contribution is 6.19. The molecule has 126 valence electrons. The third-order valence-corrected chi connectivity index (χ3v) is 4.51. The number of nitrogens with one attached hydrogen (secondary N) is 1. The number of oxime groups is 1. The number of fused-ring (bicyclic) bond motifs is 3. The number of carbonyl (C=O) groups excluding carboxylic acids is 1. The third-order valence-electron chi connectivity index (χ3n) is 4.51. The van der Waals surface area contributed by atoms with Gasteiger partial charge in [0.25, 0.3) is 5.91 Å². The number of aromatic nitrogens is 1. The molecular weight excluding hydrogens is 314 g/mol. The molecule has 1 aromatic heterocycles. The molecule has 0 spiro atoms. The van der Waals surface area contributed by atoms with E-state index in [1.165, 1.54) is 0 Å². The molecule has 0 fully saturated rings. The van der Waals surface area contributed by atoms with E-state index in [2.05, 4.69) is 10.5 Å². The lowest BCUT2D eigenvalue weighted by Crippen LogP contribution is -2.24. The Balaban J connectivity index is 1.75. The van der Waals surface area contributed by atoms with Crippen LogP contribution in [0.15, 0.2) is 59.8 Å². The van der Waals surface area contributed by atoms with E-state index < -0.39 is 0 Å². The first-order valence-electron chi connectivity index (χ1n) is 8.34. The van der Waals surface area contributed by atoms with E-state index in [1.54, 1.807) is 0 Å². The van der Waals surface area contributed by atoms with E-state index in [9.17, 15) is 4.79 Å². The Labute approximate surface area is 145 Å². The summed E-state index contributed by atoms with van der Waals surface area (Å²) < 4.78 is 1.93. The highest BCUT2D eigenvalue weighted by atomic mass is 16.6. The maximum absolute atomic E-state index is 12.5. The molecule has 0 aliphatic carbocycles. The summed E-state index contributed by atoms with van der Waals surface area (Å²) in [5, 5.41) is 8.36. The summed E-state index contributed by atoms with van der Waals surface area (Å²) in [7, 11) is 1.91. The maximum Gasteiger partial charge on any atom is 0.268 e. The predicted molar refractivity (Wildman–Crippen MR) is 97.6 cm³/mol. The molecule has 0 saturated heterocycles. The second-order valence-corrected chi connectivity index (χ2v) is 6.10. The minimum atomic E-state index is -0.0676. The van der Waals surface area contributed by atoms with Crippen molar-refractivity contribution < 1.29 is 9.63 Å². The van der Waals surface area contributed by atoms with E-state index in [1.807, 2.05) is 66.2 Å². The number of carbonyl (C=O) groups is 1. The van der Waals surface area contributed by atoms with Gasteiger partial charge in [0.1, 0.15) is 12.3 Å². The van der Waals surface area contributed by atoms with Crippen molar-refractivity contribution in [3.05, 3.63) is 71.4 Å². The molecule has 0 atom stereocenters. The zero-order valence-electron chi connectivity index (χ0n) is 14.0. The topological polar surface area (TPSA) is 55.6 Å². The highest BCUT2D eigenvalue weighted by Gasteiger charge is 2.27. The van der Waals surface area contributed by atoms with Gasteiger partial charge in [0, 0.05) is 36.5 Å². The molecule has 0 radical (unpaired) electrons. The number of aryl methyl sites for hydroxylation is 1. The summed E-state index contributed by atoms with van der Waals surface area (Å²) in [5.41, 5.74) is 4.40. The quantitative estimate of drug-likeness (QED) is 0.748. The first-order chi connectivity index (χ1) is 12.3. The van der Waals surface area contributed by atoms with Gasteiger partial charge in [-0.2, -0.15) is 0 Å². The second kappa shape index (κ2) is 6.43. The minimum absolute atomic E-state index is 0.0676. The van der Waals surface area contributed by atoms with Crippen molar-refractivity contribution in [1.82, 2.24) is 9.88 Å². The fourth-order valence-corrected chi connectivity index (χ4v) is 3.30. The van der Waals surface area contributed by atoms with Gasteiger partial charge in [-0.3, -0.25) is 4.79 Å². The van der Waals surface area contributed by atoms with Crippen molar-refractivity contribution in [3.63, 3.8) is 0 Å². The van der Waals surface area contributed by atoms with Crippen LogP contribution in [0.2, 0.25) is 0 Å². The zero-order chi connectivity index (χ0) is 17.2. The van der Waals surface area contributed by atoms with Gasteiger partial charge in [-0.1, -0.05) is 53.7 Å². The molecule has 5 heteroatoms. The normalized spacial score (nSPS) is 15.7. The number of hydrogen-bond acceptors (Lipinski definition) is 3. The van der Waals surface area contributed by atoms with Gasteiger partial charge in [-0.25, -0.2) is 0 Å². The van der Waals surface area contributed by atoms with Crippen LogP contribution >= 0.6 is 0 Å². The Bertz CT molecular complexity index is 958. The van der Waals surface area contributed by atoms with Crippen molar-refractivity contribution in [2.75, 3.05) is 6.54 Å². The smallest absolute Gasteiger partial charge is 0.268 e. The minimum Gasteiger partial charge on any atom is -0.391 e. The van der Waals surface area contributed by atoms with Gasteiger partial charge in [0.05, 0.1) is 5.71 Å². The van der Waals surface area contributed by atoms with Crippen LogP contribution in [0.5, 0.6) is 0 Å². The largest absolute Gasteiger partial charge is 0.391 e. The average molecular weight is 333 g/mol. The van der Waals surface area contributed by atoms with Crippen LogP contribution in [0.1, 0.15) is 28.0 Å². The lowest BCUT2D eigenvalue weighted by Gasteiger charge is -2.05. The van der Waals surface area contributed by atoms with Crippen molar-refractivity contribution in [3.8, 4) is 0 Å². The molecule has 2 aromatic carbocycles. The Morgan fingerprint density at radius 3 is 2.72 bits per heavy atom. The van der Waals surface area contributed by atoms with Gasteiger partial charge in [-0.05, 0) is 11.6 Å². The Hall–Kier alpha value is -3.08. The van der Waals surface area contributed by atoms with Gasteiger partial charge < -0.3 is 14.7 Å². The molecular formula is C20H19N3O2. The molecule has 0 bridgehead atoms. The summed E-state index contributed by atoms with van der Waals surface area (Å²) >= 11 is 0. The molecule has 2 heterocycles. The monoisotopic (exact) mass is 333 g/mol. The second-order valence-electron chi connectivity index (χ2n) is 6.10. The van der Waals surface area contributed by atoms with E-state index in [0.717, 1.165) is 27.7 Å². The summed E-state index contributed by atoms with van der Waals surface area (Å²) in [6.07, 6.45) is 0.640. The first-order valence-corrected chi connectivity index (χ1v) is 8.34. The van der Waals surface area contributed by atoms with Gasteiger partial charge in [0.2, 0.25) is 0 Å². The molecule has 1 N–H and O–H groups in total. The summed E-state index contributed by atoms with van der Waals surface area (Å²) in [6, 6.07) is 17.9. The fraction of sp³-hybridized carbons (Fsp3) is 0.200. The van der Waals surface area contributed by atoms with Gasteiger partial charge in [0.15, 0.2) is 0 Å². The van der Waals surface area contributed by atoms with Crippen molar-refractivity contribution in [2.45, 2.75) is 13.0 Å². The van der Waals surface area contributed by atoms with Crippen LogP contribution < -0.4 is 5.32 Å². The Morgan fingerprint density at radius 1 is 1.12 bits per heavy atom. The van der Waals surface area contributed by atoms with Crippen LogP contribution in [-0.2, 0) is 18.5 Å². The number of rotatable bonds is 3. The lowest BCUT2D eigenvalue weighted by molar-refractivity contribution is 0.0948. The summed E-state index contributed by atoms with van der Waals surface area (Å²) in [4.78, 5) is 18.1. The molecule has 5 nitrogen and oxygen atoms in total. The van der Waals surface area contributed by atoms with E-state index in [-0.39, 0.29) is 5.91 Å². The number of hydrogen-bond donors (Lipinski definition) is 1. The number of nitrogens with zero attached hydrogens (tertiary/aromatic N) is 2. The van der Waals surface area contributed by atoms with Crippen LogP contribution in [0, 0.1) is 0 Å². The molecule has 25 heavy (non-hydrogen) atoms. The molecule has 4 rings (SSSR count). The average Bonchev–Trinajstić information content (AvgIpc) is 2.83. The number of benzene rings is 2. The van der Waals surface area contributed by atoms with Crippen molar-refractivity contribution in [2.24, 2.45) is 12.2 Å². The summed E-state index contributed by atoms with van der Waals surface area (Å²) in [6.45, 7) is 0.960. The molecule has 3 aromatic rings. The molecule has 1 aliphatic rings. The standard InChI is InChI=1S/C20H19N3O2/c1-23-17-10-6-5-9-15(17)18-16(11-12-21-20(24)19(18)23)22-25-13-14-7-3-2-4-8-14/h2-10H,11-13H2,1H3,(H,21,24)/b22-16+. The number of para-hydroxylation sites is 1. The maximum atomic E-state index is 12.5. The molecule has 0 saturated carbocycles. The molecule has 0 unspecified atom stereocenters. The molecule has 1 aliphatic heterocycles. The van der Waals surface area contributed by atoms with Gasteiger partial charge >= 0.3 is 0 Å².